The van der Waals surface area contributed by atoms with Crippen LogP contribution in [-0.4, -0.2) is 27.6 Å². The third-order valence-corrected chi connectivity index (χ3v) is 4.74. The van der Waals surface area contributed by atoms with Gasteiger partial charge in [-0.2, -0.15) is 13.2 Å². The summed E-state index contributed by atoms with van der Waals surface area (Å²) in [6, 6.07) is 6.43. The van der Waals surface area contributed by atoms with Crippen LogP contribution in [0.5, 0.6) is 0 Å². The number of aryl methyl sites for hydroxylation is 1. The molecule has 0 amide bonds. The van der Waals surface area contributed by atoms with Gasteiger partial charge in [-0.3, -0.25) is 9.36 Å². The number of aromatic nitrogens is 3. The van der Waals surface area contributed by atoms with Crippen LogP contribution < -0.4 is 10.9 Å². The van der Waals surface area contributed by atoms with Crippen molar-refractivity contribution in [3.8, 4) is 0 Å². The number of rotatable bonds is 4. The van der Waals surface area contributed by atoms with Gasteiger partial charge in [-0.1, -0.05) is 0 Å². The second-order valence-corrected chi connectivity index (χ2v) is 6.75. The van der Waals surface area contributed by atoms with Gasteiger partial charge in [0, 0.05) is 18.3 Å². The lowest BCUT2D eigenvalue weighted by Gasteiger charge is -2.20. The maximum atomic E-state index is 13.7. The zero-order valence-electron chi connectivity index (χ0n) is 16.7. The molecular weight excluding hydrogens is 401 g/mol. The summed E-state index contributed by atoms with van der Waals surface area (Å²) >= 11 is 0. The maximum Gasteiger partial charge on any atom is 0.433 e. The first kappa shape index (κ1) is 21.3. The lowest BCUT2D eigenvalue weighted by atomic mass is 10.0. The third kappa shape index (κ3) is 3.98. The molecule has 3 aromatic rings. The lowest BCUT2D eigenvalue weighted by Crippen LogP contribution is -2.24. The molecule has 0 radical (unpaired) electrons. The van der Waals surface area contributed by atoms with Crippen molar-refractivity contribution in [3.63, 3.8) is 0 Å². The molecule has 1 N–H and O–H groups in total. The van der Waals surface area contributed by atoms with Crippen LogP contribution in [0.2, 0.25) is 0 Å². The molecule has 7 nitrogen and oxygen atoms in total. The van der Waals surface area contributed by atoms with Crippen molar-refractivity contribution in [2.75, 3.05) is 12.4 Å². The normalized spacial score (nSPS) is 12.6. The zero-order chi connectivity index (χ0) is 22.2. The molecule has 158 valence electrons. The molecule has 0 saturated heterocycles. The molecular formula is C20H19F3N4O3. The Bertz CT molecular complexity index is 1170. The van der Waals surface area contributed by atoms with E-state index in [0.29, 0.717) is 11.3 Å². The Balaban J connectivity index is 2.06. The highest BCUT2D eigenvalue weighted by Gasteiger charge is 2.37. The van der Waals surface area contributed by atoms with Crippen molar-refractivity contribution in [3.05, 3.63) is 63.3 Å². The fourth-order valence-electron chi connectivity index (χ4n) is 3.02. The van der Waals surface area contributed by atoms with Crippen LogP contribution in [0.15, 0.2) is 35.1 Å². The summed E-state index contributed by atoms with van der Waals surface area (Å²) in [6.07, 6.45) is -4.73. The number of nitrogens with zero attached hydrogens (tertiary/aromatic N) is 3. The zero-order valence-corrected chi connectivity index (χ0v) is 16.7. The third-order valence-electron chi connectivity index (χ3n) is 4.74. The van der Waals surface area contributed by atoms with Crippen LogP contribution in [0, 0.1) is 6.92 Å². The summed E-state index contributed by atoms with van der Waals surface area (Å²) in [4.78, 5) is 31.7. The van der Waals surface area contributed by atoms with E-state index >= 15 is 0 Å². The van der Waals surface area contributed by atoms with Crippen LogP contribution >= 0.6 is 0 Å². The van der Waals surface area contributed by atoms with Gasteiger partial charge < -0.3 is 10.1 Å². The molecule has 0 fully saturated rings. The molecule has 3 rings (SSSR count). The molecule has 1 unspecified atom stereocenters. The van der Waals surface area contributed by atoms with Crippen molar-refractivity contribution in [2.24, 2.45) is 7.05 Å². The van der Waals surface area contributed by atoms with E-state index in [-0.39, 0.29) is 22.4 Å². The minimum Gasteiger partial charge on any atom is -0.465 e. The Labute approximate surface area is 169 Å². The van der Waals surface area contributed by atoms with Gasteiger partial charge in [0.15, 0.2) is 11.3 Å². The quantitative estimate of drug-likeness (QED) is 0.649. The average molecular weight is 420 g/mol. The monoisotopic (exact) mass is 420 g/mol. The second-order valence-electron chi connectivity index (χ2n) is 6.75. The van der Waals surface area contributed by atoms with E-state index in [2.05, 4.69) is 20.0 Å². The maximum absolute atomic E-state index is 13.7. The second kappa shape index (κ2) is 7.77. The van der Waals surface area contributed by atoms with Gasteiger partial charge in [-0.15, -0.1) is 0 Å². The number of esters is 1. The molecule has 0 aliphatic rings. The van der Waals surface area contributed by atoms with E-state index in [9.17, 15) is 22.8 Å². The first-order valence-corrected chi connectivity index (χ1v) is 8.93. The number of benzene rings is 1. The molecule has 2 heterocycles. The van der Waals surface area contributed by atoms with E-state index in [1.54, 1.807) is 12.1 Å². The standard InChI is InChI=1S/C20H19F3N4O3/c1-10(24-13-7-5-12(6-8-13)19(29)30-4)14-9-15-17(26-16(14)20(21,22)23)25-11(2)27(3)18(15)28/h5-10,24H,1-4H3. The number of carbonyl (C=O) groups excluding carboxylic acids is 1. The first-order chi connectivity index (χ1) is 14.0. The number of hydrogen-bond donors (Lipinski definition) is 1. The van der Waals surface area contributed by atoms with Crippen LogP contribution in [0.25, 0.3) is 11.0 Å². The van der Waals surface area contributed by atoms with Crippen molar-refractivity contribution in [1.29, 1.82) is 0 Å². The molecule has 30 heavy (non-hydrogen) atoms. The Kier molecular flexibility index (Phi) is 5.51. The van der Waals surface area contributed by atoms with E-state index < -0.39 is 29.4 Å². The van der Waals surface area contributed by atoms with Crippen molar-refractivity contribution >= 4 is 22.7 Å². The summed E-state index contributed by atoms with van der Waals surface area (Å²) in [5, 5.41) is 2.94. The fraction of sp³-hybridized carbons (Fsp3) is 0.300. The van der Waals surface area contributed by atoms with Crippen molar-refractivity contribution in [2.45, 2.75) is 26.1 Å². The molecule has 0 saturated carbocycles. The van der Waals surface area contributed by atoms with Gasteiger partial charge in [0.1, 0.15) is 5.82 Å². The van der Waals surface area contributed by atoms with Gasteiger partial charge in [0.2, 0.25) is 0 Å². The summed E-state index contributed by atoms with van der Waals surface area (Å²) < 4.78 is 46.9. The van der Waals surface area contributed by atoms with Gasteiger partial charge in [-0.25, -0.2) is 14.8 Å². The number of ether oxygens (including phenoxy) is 1. The van der Waals surface area contributed by atoms with Crippen molar-refractivity contribution in [1.82, 2.24) is 14.5 Å². The van der Waals surface area contributed by atoms with E-state index in [0.717, 1.165) is 0 Å². The van der Waals surface area contributed by atoms with Gasteiger partial charge in [0.25, 0.3) is 5.56 Å². The molecule has 0 spiro atoms. The molecule has 1 aromatic carbocycles. The summed E-state index contributed by atoms with van der Waals surface area (Å²) in [6.45, 7) is 3.05. The molecule has 2 aromatic heterocycles. The van der Waals surface area contributed by atoms with E-state index in [1.165, 1.54) is 50.8 Å². The summed E-state index contributed by atoms with van der Waals surface area (Å²) in [7, 11) is 2.74. The van der Waals surface area contributed by atoms with Crippen LogP contribution in [-0.2, 0) is 18.0 Å². The average Bonchev–Trinajstić information content (AvgIpc) is 2.70. The highest BCUT2D eigenvalue weighted by Crippen LogP contribution is 2.35. The van der Waals surface area contributed by atoms with Gasteiger partial charge >= 0.3 is 12.1 Å². The highest BCUT2D eigenvalue weighted by atomic mass is 19.4. The van der Waals surface area contributed by atoms with Gasteiger partial charge in [-0.05, 0) is 44.2 Å². The molecule has 0 aliphatic carbocycles. The predicted octanol–water partition coefficient (Wildman–Crippen LogP) is 3.62. The van der Waals surface area contributed by atoms with Crippen molar-refractivity contribution < 1.29 is 22.7 Å². The fourth-order valence-corrected chi connectivity index (χ4v) is 3.02. The predicted molar refractivity (Wildman–Crippen MR) is 104 cm³/mol. The SMILES string of the molecule is COC(=O)c1ccc(NC(C)c2cc3c(=O)n(C)c(C)nc3nc2C(F)(F)F)cc1. The number of halogens is 3. The Hall–Kier alpha value is -3.43. The molecule has 0 aliphatic heterocycles. The molecule has 1 atom stereocenters. The number of anilines is 1. The number of fused-ring (bicyclic) bond motifs is 1. The largest absolute Gasteiger partial charge is 0.465 e. The minimum absolute atomic E-state index is 0.000731. The Morgan fingerprint density at radius 3 is 2.40 bits per heavy atom. The first-order valence-electron chi connectivity index (χ1n) is 8.93. The smallest absolute Gasteiger partial charge is 0.433 e. The Morgan fingerprint density at radius 2 is 1.83 bits per heavy atom. The van der Waals surface area contributed by atoms with E-state index in [1.807, 2.05) is 0 Å². The number of methoxy groups -OCH3 is 1. The van der Waals surface area contributed by atoms with Crippen LogP contribution in [0.4, 0.5) is 18.9 Å². The number of alkyl halides is 3. The highest BCUT2D eigenvalue weighted by molar-refractivity contribution is 5.89. The Morgan fingerprint density at radius 1 is 1.20 bits per heavy atom. The molecule has 0 bridgehead atoms. The lowest BCUT2D eigenvalue weighted by molar-refractivity contribution is -0.141. The van der Waals surface area contributed by atoms with E-state index in [4.69, 9.17) is 0 Å². The summed E-state index contributed by atoms with van der Waals surface area (Å²) in [5.74, 6) is -0.260. The van der Waals surface area contributed by atoms with Crippen LogP contribution in [0.1, 0.15) is 40.4 Å². The van der Waals surface area contributed by atoms with Crippen LogP contribution in [0.3, 0.4) is 0 Å². The molecule has 10 heteroatoms. The number of pyridine rings is 1. The summed E-state index contributed by atoms with van der Waals surface area (Å²) in [5.41, 5.74) is -1.23. The minimum atomic E-state index is -4.73. The topological polar surface area (TPSA) is 86.1 Å². The number of hydrogen-bond acceptors (Lipinski definition) is 6. The number of nitrogens with one attached hydrogen (secondary N) is 1. The number of carbonyl (C=O) groups is 1. The van der Waals surface area contributed by atoms with Gasteiger partial charge in [0.05, 0.1) is 24.1 Å².